The van der Waals surface area contributed by atoms with Gasteiger partial charge in [-0.2, -0.15) is 0 Å². The summed E-state index contributed by atoms with van der Waals surface area (Å²) in [7, 11) is 3.46. The number of carbonyl (C=O) groups excluding carboxylic acids is 1. The van der Waals surface area contributed by atoms with Crippen molar-refractivity contribution in [3.63, 3.8) is 0 Å². The van der Waals surface area contributed by atoms with E-state index in [0.29, 0.717) is 19.1 Å². The number of fused-ring (bicyclic) bond motifs is 1. The minimum Gasteiger partial charge on any atom is -0.496 e. The van der Waals surface area contributed by atoms with Gasteiger partial charge in [0.25, 0.3) is 0 Å². The Balaban J connectivity index is 1.32. The highest BCUT2D eigenvalue weighted by molar-refractivity contribution is 6.01. The normalized spacial score (nSPS) is 16.6. The molecule has 0 unspecified atom stereocenters. The molecular formula is C29H33N3O3. The van der Waals surface area contributed by atoms with E-state index in [-0.39, 0.29) is 6.03 Å². The zero-order chi connectivity index (χ0) is 24.2. The van der Waals surface area contributed by atoms with Gasteiger partial charge >= 0.3 is 6.03 Å². The first kappa shape index (κ1) is 23.4. The van der Waals surface area contributed by atoms with Crippen molar-refractivity contribution in [1.29, 1.82) is 0 Å². The number of para-hydroxylation sites is 1. The molecule has 2 aliphatic rings. The van der Waals surface area contributed by atoms with Gasteiger partial charge in [0, 0.05) is 20.2 Å². The van der Waals surface area contributed by atoms with E-state index in [0.717, 1.165) is 55.2 Å². The van der Waals surface area contributed by atoms with Crippen molar-refractivity contribution < 1.29 is 14.3 Å². The summed E-state index contributed by atoms with van der Waals surface area (Å²) < 4.78 is 11.0. The number of piperidine rings is 1. The molecule has 3 aromatic carbocycles. The average molecular weight is 472 g/mol. The average Bonchev–Trinajstić information content (AvgIpc) is 2.89. The SMILES string of the molecule is COCc1cccc(CN2CCC(c3cc(N4C(=O)NCc5ccccc54)ccc3OC)CC2)c1. The monoisotopic (exact) mass is 471 g/mol. The first-order chi connectivity index (χ1) is 17.2. The van der Waals surface area contributed by atoms with Crippen LogP contribution < -0.4 is 15.0 Å². The molecule has 0 bridgehead atoms. The molecule has 1 fully saturated rings. The molecule has 0 atom stereocenters. The highest BCUT2D eigenvalue weighted by atomic mass is 16.5. The minimum atomic E-state index is -0.0923. The maximum absolute atomic E-state index is 12.9. The van der Waals surface area contributed by atoms with E-state index in [4.69, 9.17) is 9.47 Å². The predicted octanol–water partition coefficient (Wildman–Crippen LogP) is 5.58. The number of anilines is 2. The van der Waals surface area contributed by atoms with Crippen LogP contribution in [0.4, 0.5) is 16.2 Å². The number of amides is 2. The second-order valence-corrected chi connectivity index (χ2v) is 9.35. The highest BCUT2D eigenvalue weighted by Gasteiger charge is 2.28. The predicted molar refractivity (Wildman–Crippen MR) is 138 cm³/mol. The molecule has 0 saturated carbocycles. The van der Waals surface area contributed by atoms with Crippen molar-refractivity contribution in [2.75, 3.05) is 32.2 Å². The van der Waals surface area contributed by atoms with Gasteiger partial charge in [-0.1, -0.05) is 42.5 Å². The molecule has 1 N–H and O–H groups in total. The Labute approximate surface area is 207 Å². The quantitative estimate of drug-likeness (QED) is 0.489. The van der Waals surface area contributed by atoms with E-state index in [2.05, 4.69) is 46.6 Å². The number of methoxy groups -OCH3 is 2. The molecule has 5 rings (SSSR count). The molecule has 0 radical (unpaired) electrons. The zero-order valence-electron chi connectivity index (χ0n) is 20.5. The fourth-order valence-corrected chi connectivity index (χ4v) is 5.32. The number of benzene rings is 3. The molecule has 6 heteroatoms. The fraction of sp³-hybridized carbons (Fsp3) is 0.345. The maximum atomic E-state index is 12.9. The molecular weight excluding hydrogens is 438 g/mol. The summed E-state index contributed by atoms with van der Waals surface area (Å²) in [6.45, 7) is 4.21. The lowest BCUT2D eigenvalue weighted by atomic mass is 9.88. The van der Waals surface area contributed by atoms with Crippen molar-refractivity contribution >= 4 is 17.4 Å². The van der Waals surface area contributed by atoms with E-state index in [1.165, 1.54) is 16.7 Å². The van der Waals surface area contributed by atoms with Crippen molar-refractivity contribution in [2.45, 2.75) is 38.5 Å². The minimum absolute atomic E-state index is 0.0923. The van der Waals surface area contributed by atoms with Crippen LogP contribution in [0, 0.1) is 0 Å². The first-order valence-corrected chi connectivity index (χ1v) is 12.3. The second kappa shape index (κ2) is 10.5. The van der Waals surface area contributed by atoms with Crippen molar-refractivity contribution in [1.82, 2.24) is 10.2 Å². The second-order valence-electron chi connectivity index (χ2n) is 9.35. The number of hydrogen-bond donors (Lipinski definition) is 1. The molecule has 0 spiro atoms. The Kier molecular flexibility index (Phi) is 7.02. The molecule has 182 valence electrons. The lowest BCUT2D eigenvalue weighted by molar-refractivity contribution is 0.184. The molecule has 6 nitrogen and oxygen atoms in total. The number of urea groups is 1. The van der Waals surface area contributed by atoms with Crippen molar-refractivity contribution in [2.24, 2.45) is 0 Å². The number of nitrogens with one attached hydrogen (secondary N) is 1. The first-order valence-electron chi connectivity index (χ1n) is 12.3. The summed E-state index contributed by atoms with van der Waals surface area (Å²) in [5, 5.41) is 3.00. The van der Waals surface area contributed by atoms with Crippen molar-refractivity contribution in [3.05, 3.63) is 89.0 Å². The fourth-order valence-electron chi connectivity index (χ4n) is 5.32. The number of nitrogens with zero attached hydrogens (tertiary/aromatic N) is 2. The number of rotatable bonds is 7. The largest absolute Gasteiger partial charge is 0.496 e. The van der Waals surface area contributed by atoms with Gasteiger partial charge in [0.05, 0.1) is 25.1 Å². The van der Waals surface area contributed by atoms with Gasteiger partial charge < -0.3 is 14.8 Å². The number of carbonyl (C=O) groups is 1. The van der Waals surface area contributed by atoms with Crippen molar-refractivity contribution in [3.8, 4) is 5.75 Å². The summed E-state index contributed by atoms with van der Waals surface area (Å²) in [5.74, 6) is 1.29. The molecule has 2 amide bonds. The van der Waals surface area contributed by atoms with Crippen LogP contribution in [0.1, 0.15) is 41.0 Å². The van der Waals surface area contributed by atoms with Crippen LogP contribution in [0.25, 0.3) is 0 Å². The summed E-state index contributed by atoms with van der Waals surface area (Å²) in [5.41, 5.74) is 6.66. The Hall–Kier alpha value is -3.35. The standard InChI is InChI=1S/C29H33N3O3/c1-34-20-22-7-5-6-21(16-22)19-31-14-12-23(13-15-31)26-17-25(10-11-28(26)35-2)32-27-9-4-3-8-24(27)18-30-29(32)33/h3-11,16-17,23H,12-15,18-20H2,1-2H3,(H,30,33). The van der Waals surface area contributed by atoms with Crippen LogP contribution in [0.5, 0.6) is 5.75 Å². The Morgan fingerprint density at radius 2 is 1.74 bits per heavy atom. The number of hydrogen-bond acceptors (Lipinski definition) is 4. The lowest BCUT2D eigenvalue weighted by Crippen LogP contribution is -2.41. The van der Waals surface area contributed by atoms with Crippen LogP contribution in [0.3, 0.4) is 0 Å². The Morgan fingerprint density at radius 3 is 2.54 bits per heavy atom. The molecule has 1 saturated heterocycles. The summed E-state index contributed by atoms with van der Waals surface area (Å²) in [4.78, 5) is 17.2. The van der Waals surface area contributed by atoms with Gasteiger partial charge in [-0.05, 0) is 78.4 Å². The van der Waals surface area contributed by atoms with Gasteiger partial charge in [0.15, 0.2) is 0 Å². The summed E-state index contributed by atoms with van der Waals surface area (Å²) >= 11 is 0. The van der Waals surface area contributed by atoms with Crippen LogP contribution in [0.2, 0.25) is 0 Å². The molecule has 0 aliphatic carbocycles. The Morgan fingerprint density at radius 1 is 0.943 bits per heavy atom. The third kappa shape index (κ3) is 5.04. The Bertz CT molecular complexity index is 1190. The van der Waals surface area contributed by atoms with E-state index < -0.39 is 0 Å². The summed E-state index contributed by atoms with van der Waals surface area (Å²) in [6.07, 6.45) is 2.11. The van der Waals surface area contributed by atoms with Crippen LogP contribution in [-0.4, -0.2) is 38.2 Å². The van der Waals surface area contributed by atoms with E-state index >= 15 is 0 Å². The van der Waals surface area contributed by atoms with E-state index in [1.807, 2.05) is 30.3 Å². The molecule has 2 aliphatic heterocycles. The van der Waals surface area contributed by atoms with Gasteiger partial charge in [-0.3, -0.25) is 9.80 Å². The number of likely N-dealkylation sites (tertiary alicyclic amines) is 1. The van der Waals surface area contributed by atoms with Gasteiger partial charge in [0.2, 0.25) is 0 Å². The van der Waals surface area contributed by atoms with Gasteiger partial charge in [-0.15, -0.1) is 0 Å². The highest BCUT2D eigenvalue weighted by Crippen LogP contribution is 2.39. The third-order valence-corrected chi connectivity index (χ3v) is 7.07. The topological polar surface area (TPSA) is 54.0 Å². The van der Waals surface area contributed by atoms with Crippen LogP contribution >= 0.6 is 0 Å². The molecule has 0 aromatic heterocycles. The lowest BCUT2D eigenvalue weighted by Gasteiger charge is -2.34. The molecule has 2 heterocycles. The third-order valence-electron chi connectivity index (χ3n) is 7.07. The van der Waals surface area contributed by atoms with Gasteiger partial charge in [-0.25, -0.2) is 4.79 Å². The van der Waals surface area contributed by atoms with Crippen LogP contribution in [0.15, 0.2) is 66.7 Å². The smallest absolute Gasteiger partial charge is 0.326 e. The number of ether oxygens (including phenoxy) is 2. The zero-order valence-corrected chi connectivity index (χ0v) is 20.5. The molecule has 3 aromatic rings. The van der Waals surface area contributed by atoms with Crippen LogP contribution in [-0.2, 0) is 24.4 Å². The maximum Gasteiger partial charge on any atom is 0.326 e. The molecule has 35 heavy (non-hydrogen) atoms. The van der Waals surface area contributed by atoms with Gasteiger partial charge in [0.1, 0.15) is 5.75 Å². The summed E-state index contributed by atoms with van der Waals surface area (Å²) in [6, 6.07) is 22.8. The van der Waals surface area contributed by atoms with E-state index in [1.54, 1.807) is 19.1 Å². The van der Waals surface area contributed by atoms with E-state index in [9.17, 15) is 4.79 Å².